The molecule has 0 aromatic heterocycles. The highest BCUT2D eigenvalue weighted by Crippen LogP contribution is 2.09. The summed E-state index contributed by atoms with van der Waals surface area (Å²) in [6.07, 6.45) is 6.94. The Bertz CT molecular complexity index is 249. The molecule has 0 heterocycles. The summed E-state index contributed by atoms with van der Waals surface area (Å²) in [5, 5.41) is 0.502. The number of ketones is 1. The molecule has 0 radical (unpaired) electrons. The van der Waals surface area contributed by atoms with E-state index in [2.05, 4.69) is 6.58 Å². The Balaban J connectivity index is 4.06. The summed E-state index contributed by atoms with van der Waals surface area (Å²) in [5.74, 6) is 0.206. The van der Waals surface area contributed by atoms with Crippen molar-refractivity contribution in [1.29, 1.82) is 0 Å². The molecule has 0 aromatic carbocycles. The van der Waals surface area contributed by atoms with E-state index in [4.69, 9.17) is 11.6 Å². The lowest BCUT2D eigenvalue weighted by molar-refractivity contribution is -0.116. The molecule has 0 atom stereocenters. The summed E-state index contributed by atoms with van der Waals surface area (Å²) in [4.78, 5) is 10.7. The fourth-order valence-corrected chi connectivity index (χ4v) is 0.905. The van der Waals surface area contributed by atoms with Gasteiger partial charge < -0.3 is 4.79 Å². The summed E-state index contributed by atoms with van der Waals surface area (Å²) in [6, 6.07) is 0. The zero-order valence-corrected chi connectivity index (χ0v) is 8.90. The fourth-order valence-electron chi connectivity index (χ4n) is 0.842. The molecule has 0 aliphatic carbocycles. The highest BCUT2D eigenvalue weighted by atomic mass is 35.5. The number of carbonyl (C=O) groups excluding carboxylic acids is 1. The molecule has 13 heavy (non-hydrogen) atoms. The smallest absolute Gasteiger partial charge is 0.130 e. The van der Waals surface area contributed by atoms with Gasteiger partial charge in [-0.15, -0.1) is 0 Å². The molecule has 0 amide bonds. The van der Waals surface area contributed by atoms with Crippen LogP contribution < -0.4 is 0 Å². The van der Waals surface area contributed by atoms with Crippen LogP contribution >= 0.6 is 11.6 Å². The van der Waals surface area contributed by atoms with E-state index in [1.54, 1.807) is 13.0 Å². The van der Waals surface area contributed by atoms with Gasteiger partial charge in [0.05, 0.1) is 0 Å². The van der Waals surface area contributed by atoms with Crippen LogP contribution in [-0.2, 0) is 4.79 Å². The van der Waals surface area contributed by atoms with Crippen LogP contribution in [0.25, 0.3) is 0 Å². The molecule has 0 rings (SSSR count). The molecule has 0 saturated carbocycles. The molecule has 2 heteroatoms. The van der Waals surface area contributed by atoms with Crippen molar-refractivity contribution in [3.63, 3.8) is 0 Å². The maximum absolute atomic E-state index is 10.7. The van der Waals surface area contributed by atoms with Crippen molar-refractivity contribution >= 4 is 17.4 Å². The van der Waals surface area contributed by atoms with Crippen molar-refractivity contribution in [3.05, 3.63) is 35.4 Å². The highest BCUT2D eigenvalue weighted by Gasteiger charge is 1.95. The van der Waals surface area contributed by atoms with Gasteiger partial charge in [0.15, 0.2) is 0 Å². The van der Waals surface area contributed by atoms with Crippen molar-refractivity contribution in [1.82, 2.24) is 0 Å². The zero-order chi connectivity index (χ0) is 10.3. The van der Waals surface area contributed by atoms with Gasteiger partial charge >= 0.3 is 0 Å². The number of hydrogen-bond donors (Lipinski definition) is 0. The maximum atomic E-state index is 10.7. The minimum atomic E-state index is 0.206. The molecular formula is C11H15ClO. The Kier molecular flexibility index (Phi) is 6.25. The molecular weight excluding hydrogens is 184 g/mol. The summed E-state index contributed by atoms with van der Waals surface area (Å²) >= 11 is 5.57. The quantitative estimate of drug-likeness (QED) is 0.617. The predicted octanol–water partition coefficient (Wildman–Crippen LogP) is 3.61. The van der Waals surface area contributed by atoms with Gasteiger partial charge in [-0.2, -0.15) is 0 Å². The Hall–Kier alpha value is -0.820. The Morgan fingerprint density at radius 2 is 2.00 bits per heavy atom. The van der Waals surface area contributed by atoms with Crippen LogP contribution in [0, 0.1) is 0 Å². The number of allylic oxidation sites excluding steroid dienone is 5. The number of carbonyl (C=O) groups is 1. The number of hydrogen-bond acceptors (Lipinski definition) is 1. The van der Waals surface area contributed by atoms with Gasteiger partial charge in [0.2, 0.25) is 0 Å². The lowest BCUT2D eigenvalue weighted by Crippen LogP contribution is -1.90. The standard InChI is InChI=1S/C11H15ClO/c1-4-11(7-5-9(2)12)8-6-10(3)13/h4-5,7H,2,6,8H2,1,3H3/b7-5-,11-4+. The molecule has 0 N–H and O–H groups in total. The first kappa shape index (κ1) is 12.2. The van der Waals surface area contributed by atoms with E-state index in [0.717, 1.165) is 12.0 Å². The lowest BCUT2D eigenvalue weighted by atomic mass is 10.1. The number of halogens is 1. The third kappa shape index (κ3) is 7.54. The predicted molar refractivity (Wildman–Crippen MR) is 57.8 cm³/mol. The molecule has 0 saturated heterocycles. The molecule has 72 valence electrons. The topological polar surface area (TPSA) is 17.1 Å². The first-order valence-electron chi connectivity index (χ1n) is 4.23. The maximum Gasteiger partial charge on any atom is 0.130 e. The molecule has 0 aromatic rings. The van der Waals surface area contributed by atoms with Crippen molar-refractivity contribution in [3.8, 4) is 0 Å². The van der Waals surface area contributed by atoms with Gasteiger partial charge in [-0.05, 0) is 26.3 Å². The largest absolute Gasteiger partial charge is 0.300 e. The third-order valence-corrected chi connectivity index (χ3v) is 1.74. The van der Waals surface area contributed by atoms with Crippen LogP contribution in [0.5, 0.6) is 0 Å². The van der Waals surface area contributed by atoms with Crippen molar-refractivity contribution in [2.75, 3.05) is 0 Å². The van der Waals surface area contributed by atoms with Gasteiger partial charge in [0.25, 0.3) is 0 Å². The number of rotatable bonds is 5. The molecule has 0 bridgehead atoms. The van der Waals surface area contributed by atoms with Crippen LogP contribution in [0.15, 0.2) is 35.4 Å². The van der Waals surface area contributed by atoms with Crippen molar-refractivity contribution < 1.29 is 4.79 Å². The SMILES string of the molecule is C=C(Cl)/C=C\C(=C/C)CCC(C)=O. The second kappa shape index (κ2) is 6.67. The minimum absolute atomic E-state index is 0.206. The van der Waals surface area contributed by atoms with Crippen molar-refractivity contribution in [2.45, 2.75) is 26.7 Å². The summed E-state index contributed by atoms with van der Waals surface area (Å²) in [5.41, 5.74) is 1.11. The summed E-state index contributed by atoms with van der Waals surface area (Å²) < 4.78 is 0. The Morgan fingerprint density at radius 1 is 1.38 bits per heavy atom. The van der Waals surface area contributed by atoms with E-state index in [9.17, 15) is 4.79 Å². The normalized spacial score (nSPS) is 12.1. The van der Waals surface area contributed by atoms with E-state index in [1.807, 2.05) is 19.1 Å². The van der Waals surface area contributed by atoms with E-state index < -0.39 is 0 Å². The molecule has 0 fully saturated rings. The van der Waals surface area contributed by atoms with Crippen molar-refractivity contribution in [2.24, 2.45) is 0 Å². The fraction of sp³-hybridized carbons (Fsp3) is 0.364. The van der Waals surface area contributed by atoms with Gasteiger partial charge in [-0.1, -0.05) is 35.9 Å². The average Bonchev–Trinajstić information content (AvgIpc) is 2.04. The summed E-state index contributed by atoms with van der Waals surface area (Å²) in [7, 11) is 0. The molecule has 0 unspecified atom stereocenters. The van der Waals surface area contributed by atoms with E-state index >= 15 is 0 Å². The Labute approximate surface area is 84.8 Å². The monoisotopic (exact) mass is 198 g/mol. The molecule has 0 spiro atoms. The number of Topliss-reactive ketones (excluding diaryl/α,β-unsaturated/α-hetero) is 1. The van der Waals surface area contributed by atoms with Gasteiger partial charge in [0.1, 0.15) is 5.78 Å². The van der Waals surface area contributed by atoms with Gasteiger partial charge in [-0.25, -0.2) is 0 Å². The van der Waals surface area contributed by atoms with Gasteiger partial charge in [0, 0.05) is 11.5 Å². The van der Waals surface area contributed by atoms with E-state index in [-0.39, 0.29) is 5.78 Å². The van der Waals surface area contributed by atoms with Crippen LogP contribution in [0.1, 0.15) is 26.7 Å². The Morgan fingerprint density at radius 3 is 2.38 bits per heavy atom. The second-order valence-electron chi connectivity index (χ2n) is 2.85. The zero-order valence-electron chi connectivity index (χ0n) is 8.14. The first-order valence-corrected chi connectivity index (χ1v) is 4.61. The van der Waals surface area contributed by atoms with Crippen LogP contribution in [0.3, 0.4) is 0 Å². The first-order chi connectivity index (χ1) is 6.06. The second-order valence-corrected chi connectivity index (χ2v) is 3.33. The lowest BCUT2D eigenvalue weighted by Gasteiger charge is -1.98. The van der Waals surface area contributed by atoms with Crippen LogP contribution in [-0.4, -0.2) is 5.78 Å². The minimum Gasteiger partial charge on any atom is -0.300 e. The van der Waals surface area contributed by atoms with Crippen LogP contribution in [0.4, 0.5) is 0 Å². The van der Waals surface area contributed by atoms with Crippen LogP contribution in [0.2, 0.25) is 0 Å². The average molecular weight is 199 g/mol. The summed E-state index contributed by atoms with van der Waals surface area (Å²) in [6.45, 7) is 7.08. The molecule has 0 aliphatic heterocycles. The molecule has 1 nitrogen and oxygen atoms in total. The third-order valence-electron chi connectivity index (χ3n) is 1.61. The highest BCUT2D eigenvalue weighted by molar-refractivity contribution is 6.30. The molecule has 0 aliphatic rings. The van der Waals surface area contributed by atoms with E-state index in [1.165, 1.54) is 0 Å². The van der Waals surface area contributed by atoms with Gasteiger partial charge in [-0.3, -0.25) is 0 Å². The van der Waals surface area contributed by atoms with E-state index in [0.29, 0.717) is 11.5 Å².